The van der Waals surface area contributed by atoms with Crippen molar-refractivity contribution in [3.05, 3.63) is 45.3 Å². The van der Waals surface area contributed by atoms with Crippen LogP contribution >= 0.6 is 11.6 Å². The first-order valence-electron chi connectivity index (χ1n) is 10.6. The molecule has 1 fully saturated rings. The molecule has 3 aliphatic heterocycles. The first kappa shape index (κ1) is 20.4. The summed E-state index contributed by atoms with van der Waals surface area (Å²) in [4.78, 5) is 26.3. The summed E-state index contributed by atoms with van der Waals surface area (Å²) >= 11 is 6.63. The Labute approximate surface area is 185 Å². The number of carbonyl (C=O) groups is 2. The Morgan fingerprint density at radius 2 is 2.03 bits per heavy atom. The summed E-state index contributed by atoms with van der Waals surface area (Å²) in [5.41, 5.74) is 3.14. The molecular formula is C23H24ClNO6. The van der Waals surface area contributed by atoms with Crippen LogP contribution in [0, 0.1) is 0 Å². The molecule has 4 aliphatic rings. The predicted octanol–water partition coefficient (Wildman–Crippen LogP) is 3.76. The molecule has 7 nitrogen and oxygen atoms in total. The topological polar surface area (TPSA) is 83.1 Å². The zero-order valence-corrected chi connectivity index (χ0v) is 18.0. The lowest BCUT2D eigenvalue weighted by Gasteiger charge is -2.34. The van der Waals surface area contributed by atoms with Crippen molar-refractivity contribution < 1.29 is 28.5 Å². The number of hydrogen-bond donors (Lipinski definition) is 1. The molecule has 0 bridgehead atoms. The lowest BCUT2D eigenvalue weighted by atomic mass is 9.75. The van der Waals surface area contributed by atoms with Crippen LogP contribution in [0.5, 0.6) is 11.5 Å². The summed E-state index contributed by atoms with van der Waals surface area (Å²) in [7, 11) is 0. The van der Waals surface area contributed by atoms with Crippen LogP contribution in [-0.4, -0.2) is 37.9 Å². The highest BCUT2D eigenvalue weighted by Crippen LogP contribution is 2.48. The van der Waals surface area contributed by atoms with Crippen LogP contribution in [0.1, 0.15) is 50.5 Å². The fourth-order valence-electron chi connectivity index (χ4n) is 4.74. The first-order valence-corrected chi connectivity index (χ1v) is 11.0. The number of ketones is 1. The molecule has 1 N–H and O–H groups in total. The molecule has 0 spiro atoms. The molecule has 0 amide bonds. The standard InChI is InChI=1S/C23H24ClNO6/c1-12-20(23(27)29-10-13-4-3-7-28-13)21(22-16(25-12)5-2-6-17(22)26)14-8-18-19(9-15(14)24)31-11-30-18/h8-9,13,21,25H,2-7,10-11H2,1H3/t13-,21-/m1/s1. The maximum Gasteiger partial charge on any atom is 0.336 e. The first-order chi connectivity index (χ1) is 15.0. The van der Waals surface area contributed by atoms with E-state index >= 15 is 0 Å². The van der Waals surface area contributed by atoms with E-state index in [0.29, 0.717) is 52.0 Å². The van der Waals surface area contributed by atoms with Gasteiger partial charge in [-0.1, -0.05) is 11.6 Å². The lowest BCUT2D eigenvalue weighted by Crippen LogP contribution is -2.35. The van der Waals surface area contributed by atoms with Gasteiger partial charge in [-0.05, 0) is 44.2 Å². The van der Waals surface area contributed by atoms with Crippen LogP contribution in [-0.2, 0) is 19.1 Å². The van der Waals surface area contributed by atoms with E-state index < -0.39 is 11.9 Å². The lowest BCUT2D eigenvalue weighted by molar-refractivity contribution is -0.142. The van der Waals surface area contributed by atoms with E-state index in [1.165, 1.54) is 0 Å². The van der Waals surface area contributed by atoms with E-state index in [0.717, 1.165) is 31.4 Å². The number of nitrogens with one attached hydrogen (secondary N) is 1. The number of halogens is 1. The van der Waals surface area contributed by atoms with Crippen molar-refractivity contribution >= 4 is 23.4 Å². The van der Waals surface area contributed by atoms with Crippen molar-refractivity contribution in [1.29, 1.82) is 0 Å². The van der Waals surface area contributed by atoms with E-state index in [2.05, 4.69) is 5.32 Å². The van der Waals surface area contributed by atoms with Gasteiger partial charge in [0, 0.05) is 47.0 Å². The Hall–Kier alpha value is -2.51. The average molecular weight is 446 g/mol. The molecule has 2 atom stereocenters. The maximum atomic E-state index is 13.3. The summed E-state index contributed by atoms with van der Waals surface area (Å²) in [5, 5.41) is 3.70. The van der Waals surface area contributed by atoms with E-state index in [1.807, 2.05) is 6.92 Å². The molecule has 164 valence electrons. The second-order valence-corrected chi connectivity index (χ2v) is 8.63. The number of Topliss-reactive ketones (excluding diaryl/α,β-unsaturated/α-hetero) is 1. The summed E-state index contributed by atoms with van der Waals surface area (Å²) in [6.07, 6.45) is 3.71. The van der Waals surface area contributed by atoms with E-state index in [4.69, 9.17) is 30.5 Å². The van der Waals surface area contributed by atoms with Gasteiger partial charge in [-0.25, -0.2) is 4.79 Å². The number of ether oxygens (including phenoxy) is 4. The Kier molecular flexibility index (Phi) is 5.40. The third kappa shape index (κ3) is 3.70. The Morgan fingerprint density at radius 3 is 2.81 bits per heavy atom. The maximum absolute atomic E-state index is 13.3. The summed E-state index contributed by atoms with van der Waals surface area (Å²) in [5.74, 6) is 0.0275. The van der Waals surface area contributed by atoms with Gasteiger partial charge >= 0.3 is 5.97 Å². The number of carbonyl (C=O) groups excluding carboxylic acids is 2. The van der Waals surface area contributed by atoms with Gasteiger partial charge in [-0.15, -0.1) is 0 Å². The van der Waals surface area contributed by atoms with Crippen molar-refractivity contribution in [2.24, 2.45) is 0 Å². The SMILES string of the molecule is CC1=C(C(=O)OC[C@H]2CCCO2)[C@@H](c2cc3c(cc2Cl)OCO3)C2=C(CCCC2=O)N1. The van der Waals surface area contributed by atoms with Gasteiger partial charge in [0.15, 0.2) is 17.3 Å². The summed E-state index contributed by atoms with van der Waals surface area (Å²) in [6, 6.07) is 3.45. The van der Waals surface area contributed by atoms with Gasteiger partial charge in [0.2, 0.25) is 6.79 Å². The second kappa shape index (κ2) is 8.20. The van der Waals surface area contributed by atoms with Crippen LogP contribution < -0.4 is 14.8 Å². The van der Waals surface area contributed by atoms with Gasteiger partial charge < -0.3 is 24.3 Å². The van der Waals surface area contributed by atoms with Crippen LogP contribution in [0.4, 0.5) is 0 Å². The zero-order valence-electron chi connectivity index (χ0n) is 17.3. The highest BCUT2D eigenvalue weighted by atomic mass is 35.5. The smallest absolute Gasteiger partial charge is 0.336 e. The molecule has 1 aromatic rings. The highest BCUT2D eigenvalue weighted by Gasteiger charge is 2.41. The summed E-state index contributed by atoms with van der Waals surface area (Å²) in [6.45, 7) is 2.82. The minimum Gasteiger partial charge on any atom is -0.459 e. The quantitative estimate of drug-likeness (QED) is 0.706. The molecule has 0 saturated carbocycles. The molecular weight excluding hydrogens is 422 g/mol. The second-order valence-electron chi connectivity index (χ2n) is 8.23. The molecule has 1 aromatic carbocycles. The molecule has 1 saturated heterocycles. The number of dihydropyridines is 1. The third-order valence-electron chi connectivity index (χ3n) is 6.22. The molecule has 0 aromatic heterocycles. The van der Waals surface area contributed by atoms with Gasteiger partial charge in [0.25, 0.3) is 0 Å². The molecule has 3 heterocycles. The van der Waals surface area contributed by atoms with Crippen molar-refractivity contribution in [2.75, 3.05) is 20.0 Å². The fourth-order valence-corrected chi connectivity index (χ4v) is 5.00. The molecule has 8 heteroatoms. The molecule has 0 radical (unpaired) electrons. The van der Waals surface area contributed by atoms with Crippen molar-refractivity contribution in [3.63, 3.8) is 0 Å². The van der Waals surface area contributed by atoms with Crippen LogP contribution in [0.3, 0.4) is 0 Å². The van der Waals surface area contributed by atoms with Crippen molar-refractivity contribution in [1.82, 2.24) is 5.32 Å². The zero-order chi connectivity index (χ0) is 21.5. The monoisotopic (exact) mass is 445 g/mol. The van der Waals surface area contributed by atoms with Crippen LogP contribution in [0.2, 0.25) is 5.02 Å². The van der Waals surface area contributed by atoms with Gasteiger partial charge in [0.05, 0.1) is 11.7 Å². The van der Waals surface area contributed by atoms with Crippen molar-refractivity contribution in [3.8, 4) is 11.5 Å². The summed E-state index contributed by atoms with van der Waals surface area (Å²) < 4.78 is 22.2. The minimum atomic E-state index is -0.622. The molecule has 1 aliphatic carbocycles. The molecule has 31 heavy (non-hydrogen) atoms. The van der Waals surface area contributed by atoms with E-state index in [9.17, 15) is 9.59 Å². The van der Waals surface area contributed by atoms with Gasteiger partial charge in [-0.2, -0.15) is 0 Å². The number of esters is 1. The Morgan fingerprint density at radius 1 is 1.23 bits per heavy atom. The Balaban J connectivity index is 1.55. The predicted molar refractivity (Wildman–Crippen MR) is 112 cm³/mol. The van der Waals surface area contributed by atoms with E-state index in [1.54, 1.807) is 12.1 Å². The van der Waals surface area contributed by atoms with Gasteiger partial charge in [-0.3, -0.25) is 4.79 Å². The number of hydrogen-bond acceptors (Lipinski definition) is 7. The largest absolute Gasteiger partial charge is 0.459 e. The molecule has 5 rings (SSSR count). The highest BCUT2D eigenvalue weighted by molar-refractivity contribution is 6.32. The van der Waals surface area contributed by atoms with Crippen molar-refractivity contribution in [2.45, 2.75) is 51.0 Å². The van der Waals surface area contributed by atoms with Gasteiger partial charge in [0.1, 0.15) is 6.61 Å². The minimum absolute atomic E-state index is 0.0180. The third-order valence-corrected chi connectivity index (χ3v) is 6.55. The van der Waals surface area contributed by atoms with Crippen LogP contribution in [0.15, 0.2) is 34.7 Å². The Bertz CT molecular complexity index is 1010. The number of fused-ring (bicyclic) bond motifs is 1. The average Bonchev–Trinajstić information content (AvgIpc) is 3.42. The fraction of sp³-hybridized carbons (Fsp3) is 0.478. The van der Waals surface area contributed by atoms with E-state index in [-0.39, 0.29) is 25.3 Å². The van der Waals surface area contributed by atoms with Crippen LogP contribution in [0.25, 0.3) is 0 Å². The number of benzene rings is 1. The number of allylic oxidation sites excluding steroid dienone is 3. The normalized spacial score (nSPS) is 24.9. The number of rotatable bonds is 4. The molecule has 0 unspecified atom stereocenters.